The third-order valence-corrected chi connectivity index (χ3v) is 2.90. The summed E-state index contributed by atoms with van der Waals surface area (Å²) in [7, 11) is 3.42. The minimum absolute atomic E-state index is 0.0163. The van der Waals surface area contributed by atoms with Gasteiger partial charge in [0.1, 0.15) is 5.75 Å². The smallest absolute Gasteiger partial charge is 0.225 e. The molecule has 1 aromatic rings. The molecule has 0 atom stereocenters. The molecule has 0 fully saturated rings. The molecule has 0 unspecified atom stereocenters. The Balaban J connectivity index is 2.60. The van der Waals surface area contributed by atoms with Crippen molar-refractivity contribution in [2.75, 3.05) is 20.7 Å². The highest BCUT2D eigenvalue weighted by atomic mass is 79.9. The Bertz CT molecular complexity index is 393. The number of nitrogens with zero attached hydrogens (tertiary/aromatic N) is 1. The lowest BCUT2D eigenvalue weighted by Gasteiger charge is -2.13. The lowest BCUT2D eigenvalue weighted by atomic mass is 10.2. The highest BCUT2D eigenvalue weighted by Gasteiger charge is 2.09. The predicted octanol–water partition coefficient (Wildman–Crippen LogP) is 1.80. The van der Waals surface area contributed by atoms with Gasteiger partial charge >= 0.3 is 0 Å². The van der Waals surface area contributed by atoms with Crippen LogP contribution in [0.3, 0.4) is 0 Å². The maximum Gasteiger partial charge on any atom is 0.225 e. The van der Waals surface area contributed by atoms with Gasteiger partial charge in [-0.25, -0.2) is 0 Å². The normalized spacial score (nSPS) is 10.1. The molecule has 0 saturated heterocycles. The number of benzene rings is 1. The van der Waals surface area contributed by atoms with Crippen LogP contribution in [0.1, 0.15) is 12.0 Å². The average Bonchev–Trinajstić information content (AvgIpc) is 2.30. The van der Waals surface area contributed by atoms with Crippen molar-refractivity contribution in [1.82, 2.24) is 4.90 Å². The van der Waals surface area contributed by atoms with Crippen LogP contribution >= 0.6 is 15.9 Å². The van der Waals surface area contributed by atoms with Crippen molar-refractivity contribution in [3.05, 3.63) is 28.2 Å². The van der Waals surface area contributed by atoms with Crippen LogP contribution in [0.2, 0.25) is 0 Å². The topological polar surface area (TPSA) is 49.8 Å². The van der Waals surface area contributed by atoms with E-state index >= 15 is 0 Å². The summed E-state index contributed by atoms with van der Waals surface area (Å²) in [4.78, 5) is 12.9. The Hall–Kier alpha value is -1.07. The second-order valence-electron chi connectivity index (χ2n) is 3.77. The Morgan fingerprint density at radius 3 is 2.76 bits per heavy atom. The molecule has 1 rings (SSSR count). The number of aliphatic hydroxyl groups is 1. The molecule has 0 spiro atoms. The van der Waals surface area contributed by atoms with Gasteiger partial charge in [0.05, 0.1) is 24.1 Å². The van der Waals surface area contributed by atoms with E-state index in [1.54, 1.807) is 20.2 Å². The summed E-state index contributed by atoms with van der Waals surface area (Å²) in [5.41, 5.74) is 0.705. The number of hydrogen-bond donors (Lipinski definition) is 1. The largest absolute Gasteiger partial charge is 0.491 e. The van der Waals surface area contributed by atoms with Crippen molar-refractivity contribution in [3.8, 4) is 5.75 Å². The van der Waals surface area contributed by atoms with Gasteiger partial charge < -0.3 is 14.7 Å². The van der Waals surface area contributed by atoms with Crippen molar-refractivity contribution in [1.29, 1.82) is 0 Å². The van der Waals surface area contributed by atoms with Crippen LogP contribution in [0.15, 0.2) is 22.7 Å². The molecule has 17 heavy (non-hydrogen) atoms. The average molecular weight is 302 g/mol. The van der Waals surface area contributed by atoms with Gasteiger partial charge in [-0.15, -0.1) is 0 Å². The lowest BCUT2D eigenvalue weighted by molar-refractivity contribution is -0.129. The number of hydrogen-bond acceptors (Lipinski definition) is 3. The molecule has 0 aliphatic heterocycles. The molecule has 1 amide bonds. The van der Waals surface area contributed by atoms with E-state index in [1.165, 1.54) is 4.90 Å². The minimum atomic E-state index is -0.0869. The van der Waals surface area contributed by atoms with Crippen LogP contribution < -0.4 is 4.74 Å². The number of aliphatic hydroxyl groups excluding tert-OH is 1. The number of amides is 1. The van der Waals surface area contributed by atoms with E-state index in [4.69, 9.17) is 9.84 Å². The van der Waals surface area contributed by atoms with Crippen LogP contribution in [-0.4, -0.2) is 36.6 Å². The van der Waals surface area contributed by atoms with Crippen molar-refractivity contribution in [3.63, 3.8) is 0 Å². The molecule has 0 bridgehead atoms. The maximum atomic E-state index is 11.4. The summed E-state index contributed by atoms with van der Waals surface area (Å²) >= 11 is 3.35. The summed E-state index contributed by atoms with van der Waals surface area (Å²) in [6, 6.07) is 5.45. The fraction of sp³-hybridized carbons (Fsp3) is 0.417. The second-order valence-corrected chi connectivity index (χ2v) is 4.63. The van der Waals surface area contributed by atoms with E-state index in [0.717, 1.165) is 4.47 Å². The monoisotopic (exact) mass is 301 g/mol. The fourth-order valence-corrected chi connectivity index (χ4v) is 1.83. The van der Waals surface area contributed by atoms with Gasteiger partial charge in [0.25, 0.3) is 0 Å². The summed E-state index contributed by atoms with van der Waals surface area (Å²) in [5.74, 6) is 0.615. The molecule has 1 N–H and O–H groups in total. The molecule has 0 radical (unpaired) electrons. The van der Waals surface area contributed by atoms with E-state index in [0.29, 0.717) is 24.3 Å². The molecule has 4 nitrogen and oxygen atoms in total. The summed E-state index contributed by atoms with van der Waals surface area (Å²) < 4.78 is 6.30. The quantitative estimate of drug-likeness (QED) is 0.902. The summed E-state index contributed by atoms with van der Waals surface area (Å²) in [6.45, 7) is 0.211. The Morgan fingerprint density at radius 1 is 1.47 bits per heavy atom. The first-order chi connectivity index (χ1) is 8.06. The van der Waals surface area contributed by atoms with Gasteiger partial charge in [-0.2, -0.15) is 0 Å². The number of para-hydroxylation sites is 1. The van der Waals surface area contributed by atoms with E-state index in [9.17, 15) is 4.79 Å². The van der Waals surface area contributed by atoms with Crippen molar-refractivity contribution in [2.24, 2.45) is 0 Å². The molecule has 5 heteroatoms. The fourth-order valence-electron chi connectivity index (χ4n) is 1.30. The van der Waals surface area contributed by atoms with E-state index in [-0.39, 0.29) is 12.5 Å². The van der Waals surface area contributed by atoms with E-state index in [1.807, 2.05) is 12.1 Å². The highest BCUT2D eigenvalue weighted by molar-refractivity contribution is 9.10. The molecule has 1 aromatic carbocycles. The predicted molar refractivity (Wildman–Crippen MR) is 68.9 cm³/mol. The third-order valence-electron chi connectivity index (χ3n) is 2.28. The van der Waals surface area contributed by atoms with Crippen LogP contribution in [0.4, 0.5) is 0 Å². The van der Waals surface area contributed by atoms with Gasteiger partial charge in [-0.05, 0) is 22.0 Å². The van der Waals surface area contributed by atoms with Crippen molar-refractivity contribution < 1.29 is 14.6 Å². The minimum Gasteiger partial charge on any atom is -0.491 e. The molecule has 0 aromatic heterocycles. The Kier molecular flexibility index (Phi) is 5.44. The highest BCUT2D eigenvalue weighted by Crippen LogP contribution is 2.29. The van der Waals surface area contributed by atoms with Crippen molar-refractivity contribution in [2.45, 2.75) is 13.0 Å². The molecule has 0 heterocycles. The Morgan fingerprint density at radius 2 is 2.18 bits per heavy atom. The first kappa shape index (κ1) is 14.0. The van der Waals surface area contributed by atoms with Crippen LogP contribution in [0, 0.1) is 0 Å². The zero-order valence-electron chi connectivity index (χ0n) is 9.94. The molecule has 94 valence electrons. The zero-order valence-corrected chi connectivity index (χ0v) is 11.5. The lowest BCUT2D eigenvalue weighted by Crippen LogP contribution is -2.23. The van der Waals surface area contributed by atoms with Gasteiger partial charge in [-0.1, -0.05) is 12.1 Å². The first-order valence-corrected chi connectivity index (χ1v) is 6.06. The number of ether oxygens (including phenoxy) is 1. The zero-order chi connectivity index (χ0) is 12.8. The van der Waals surface area contributed by atoms with Crippen LogP contribution in [0.5, 0.6) is 5.75 Å². The molecule has 0 aliphatic rings. The van der Waals surface area contributed by atoms with Crippen LogP contribution in [-0.2, 0) is 11.4 Å². The number of rotatable bonds is 5. The Labute approximate surface area is 109 Å². The first-order valence-electron chi connectivity index (χ1n) is 5.27. The number of carbonyl (C=O) groups excluding carboxylic acids is 1. The van der Waals surface area contributed by atoms with Crippen molar-refractivity contribution >= 4 is 21.8 Å². The third kappa shape index (κ3) is 4.02. The van der Waals surface area contributed by atoms with E-state index < -0.39 is 0 Å². The van der Waals surface area contributed by atoms with Gasteiger partial charge in [-0.3, -0.25) is 4.79 Å². The molecule has 0 aliphatic carbocycles. The second kappa shape index (κ2) is 6.61. The standard InChI is InChI=1S/C12H16BrNO3/c1-14(2)11(16)6-7-17-12-9(8-15)4-3-5-10(12)13/h3-5,15H,6-8H2,1-2H3. The van der Waals surface area contributed by atoms with Gasteiger partial charge in [0.15, 0.2) is 0 Å². The SMILES string of the molecule is CN(C)C(=O)CCOc1c(Br)cccc1CO. The van der Waals surface area contributed by atoms with E-state index in [2.05, 4.69) is 15.9 Å². The number of halogens is 1. The van der Waals surface area contributed by atoms with Gasteiger partial charge in [0.2, 0.25) is 5.91 Å². The van der Waals surface area contributed by atoms with Crippen LogP contribution in [0.25, 0.3) is 0 Å². The maximum absolute atomic E-state index is 11.4. The number of carbonyl (C=O) groups is 1. The molecular formula is C12H16BrNO3. The molecular weight excluding hydrogens is 286 g/mol. The van der Waals surface area contributed by atoms with Gasteiger partial charge in [0, 0.05) is 19.7 Å². The summed E-state index contributed by atoms with van der Waals surface area (Å²) in [6.07, 6.45) is 0.319. The molecule has 0 saturated carbocycles. The summed E-state index contributed by atoms with van der Waals surface area (Å²) in [5, 5.41) is 9.16.